The Bertz CT molecular complexity index is 1150. The zero-order valence-electron chi connectivity index (χ0n) is 20.5. The maximum absolute atomic E-state index is 12.9. The molecule has 1 aliphatic heterocycles. The van der Waals surface area contributed by atoms with E-state index < -0.39 is 0 Å². The number of nitrogens with zero attached hydrogens (tertiary/aromatic N) is 4. The van der Waals surface area contributed by atoms with Gasteiger partial charge in [-0.15, -0.1) is 0 Å². The number of aromatic nitrogens is 2. The summed E-state index contributed by atoms with van der Waals surface area (Å²) in [5.41, 5.74) is 3.09. The molecule has 32 heavy (non-hydrogen) atoms. The third-order valence-corrected chi connectivity index (χ3v) is 5.95. The molecule has 0 radical (unpaired) electrons. The lowest BCUT2D eigenvalue weighted by molar-refractivity contribution is -0.127. The van der Waals surface area contributed by atoms with Crippen molar-refractivity contribution in [3.63, 3.8) is 0 Å². The Morgan fingerprint density at radius 2 is 2.00 bits per heavy atom. The summed E-state index contributed by atoms with van der Waals surface area (Å²) in [4.78, 5) is 30.9. The molecule has 0 saturated heterocycles. The normalized spacial score (nSPS) is 18.0. The molecule has 0 spiro atoms. The molecule has 7 nitrogen and oxygen atoms in total. The van der Waals surface area contributed by atoms with E-state index in [1.54, 1.807) is 16.4 Å². The summed E-state index contributed by atoms with van der Waals surface area (Å²) in [6.07, 6.45) is 2.20. The number of nitrogens with one attached hydrogen (secondary N) is 1. The fraction of sp³-hybridized carbons (Fsp3) is 0.560. The van der Waals surface area contributed by atoms with Gasteiger partial charge < -0.3 is 10.2 Å². The van der Waals surface area contributed by atoms with Crippen LogP contribution in [0.2, 0.25) is 0 Å². The van der Waals surface area contributed by atoms with Crippen LogP contribution in [0.25, 0.3) is 6.08 Å². The highest BCUT2D eigenvalue weighted by Gasteiger charge is 2.24. The molecule has 1 aromatic carbocycles. The van der Waals surface area contributed by atoms with Crippen LogP contribution < -0.4 is 21.8 Å². The van der Waals surface area contributed by atoms with Crippen LogP contribution in [-0.4, -0.2) is 40.1 Å². The second kappa shape index (κ2) is 9.45. The fourth-order valence-corrected chi connectivity index (χ4v) is 4.10. The number of amides is 1. The molecule has 2 unspecified atom stereocenters. The monoisotopic (exact) mass is 439 g/mol. The van der Waals surface area contributed by atoms with Gasteiger partial charge in [0, 0.05) is 53.1 Å². The topological polar surface area (TPSA) is 71.6 Å². The van der Waals surface area contributed by atoms with Gasteiger partial charge >= 0.3 is 5.69 Å². The Morgan fingerprint density at radius 1 is 1.28 bits per heavy atom. The summed E-state index contributed by atoms with van der Waals surface area (Å²) in [7, 11) is 3.62. The molecule has 1 N–H and O–H groups in total. The summed E-state index contributed by atoms with van der Waals surface area (Å²) in [6.45, 7) is 13.0. The lowest BCUT2D eigenvalue weighted by atomic mass is 9.92. The zero-order chi connectivity index (χ0) is 23.6. The van der Waals surface area contributed by atoms with Crippen LogP contribution in [0.5, 0.6) is 0 Å². The van der Waals surface area contributed by atoms with E-state index in [2.05, 4.69) is 63.4 Å². The van der Waals surface area contributed by atoms with E-state index in [0.717, 1.165) is 29.5 Å². The molecule has 3 rings (SSSR count). The van der Waals surface area contributed by atoms with E-state index in [-0.39, 0.29) is 29.0 Å². The number of hydrogen-bond acceptors (Lipinski definition) is 4. The SMILES string of the molecule is CC(=O)N(C)CCNCc1cccc(C2N=c3c(n(CC(C)(C)C)c(=O)n3C)=CC2C)c1. The van der Waals surface area contributed by atoms with Gasteiger partial charge in [-0.1, -0.05) is 58.0 Å². The van der Waals surface area contributed by atoms with Gasteiger partial charge in [-0.05, 0) is 16.5 Å². The molecule has 174 valence electrons. The molecule has 1 amide bonds. The van der Waals surface area contributed by atoms with E-state index in [4.69, 9.17) is 4.99 Å². The standard InChI is InChI=1S/C25H37N5O2/c1-17-13-21-23(29(7)24(32)30(21)16-25(3,4)5)27-22(17)20-10-8-9-19(14-20)15-26-11-12-28(6)18(2)31/h8-10,13-14,17,22,26H,11-12,15-16H2,1-7H3. The van der Waals surface area contributed by atoms with Crippen molar-refractivity contribution in [1.82, 2.24) is 19.4 Å². The zero-order valence-corrected chi connectivity index (χ0v) is 20.5. The first-order chi connectivity index (χ1) is 15.0. The minimum Gasteiger partial charge on any atom is -0.345 e. The van der Waals surface area contributed by atoms with Crippen molar-refractivity contribution in [2.75, 3.05) is 20.1 Å². The van der Waals surface area contributed by atoms with Gasteiger partial charge in [0.25, 0.3) is 0 Å². The van der Waals surface area contributed by atoms with Crippen molar-refractivity contribution in [3.8, 4) is 0 Å². The third kappa shape index (κ3) is 5.38. The molecule has 1 aromatic heterocycles. The molecule has 2 aromatic rings. The molecule has 2 atom stereocenters. The Kier molecular flexibility index (Phi) is 7.08. The second-order valence-electron chi connectivity index (χ2n) is 10.2. The third-order valence-electron chi connectivity index (χ3n) is 5.95. The van der Waals surface area contributed by atoms with Gasteiger partial charge in [-0.2, -0.15) is 0 Å². The maximum atomic E-state index is 12.9. The summed E-state index contributed by atoms with van der Waals surface area (Å²) < 4.78 is 3.54. The molecular weight excluding hydrogens is 402 g/mol. The van der Waals surface area contributed by atoms with E-state index in [1.807, 2.05) is 18.7 Å². The molecule has 0 fully saturated rings. The van der Waals surface area contributed by atoms with Crippen LogP contribution in [-0.2, 0) is 24.9 Å². The largest absolute Gasteiger partial charge is 0.345 e. The minimum absolute atomic E-state index is 0.00737. The fourth-order valence-electron chi connectivity index (χ4n) is 4.10. The summed E-state index contributed by atoms with van der Waals surface area (Å²) in [5, 5.41) is 4.34. The number of likely N-dealkylation sites (N-methyl/N-ethyl adjacent to an activating group) is 1. The van der Waals surface area contributed by atoms with Crippen molar-refractivity contribution >= 4 is 12.0 Å². The van der Waals surface area contributed by atoms with Crippen LogP contribution in [0, 0.1) is 11.3 Å². The average molecular weight is 440 g/mol. The van der Waals surface area contributed by atoms with Gasteiger partial charge in [0.2, 0.25) is 5.91 Å². The highest BCUT2D eigenvalue weighted by molar-refractivity contribution is 5.72. The van der Waals surface area contributed by atoms with Crippen molar-refractivity contribution in [3.05, 3.63) is 56.7 Å². The predicted molar refractivity (Wildman–Crippen MR) is 128 cm³/mol. The quantitative estimate of drug-likeness (QED) is 0.666. The second-order valence-corrected chi connectivity index (χ2v) is 10.2. The Balaban J connectivity index is 1.83. The number of rotatable bonds is 7. The first kappa shape index (κ1) is 24.0. The van der Waals surface area contributed by atoms with Gasteiger partial charge in [0.1, 0.15) is 0 Å². The number of carbonyl (C=O) groups excluding carboxylic acids is 1. The Morgan fingerprint density at radius 3 is 2.66 bits per heavy atom. The lowest BCUT2D eigenvalue weighted by Crippen LogP contribution is -2.39. The van der Waals surface area contributed by atoms with Gasteiger partial charge in [-0.25, -0.2) is 4.79 Å². The molecule has 0 saturated carbocycles. The van der Waals surface area contributed by atoms with Crippen LogP contribution >= 0.6 is 0 Å². The van der Waals surface area contributed by atoms with Crippen LogP contribution in [0.4, 0.5) is 0 Å². The number of benzene rings is 1. The van der Waals surface area contributed by atoms with Crippen molar-refractivity contribution in [2.45, 2.75) is 53.8 Å². The van der Waals surface area contributed by atoms with Crippen molar-refractivity contribution in [1.29, 1.82) is 0 Å². The van der Waals surface area contributed by atoms with Crippen molar-refractivity contribution in [2.24, 2.45) is 23.4 Å². The van der Waals surface area contributed by atoms with Gasteiger partial charge in [0.05, 0.1) is 11.4 Å². The first-order valence-electron chi connectivity index (χ1n) is 11.3. The van der Waals surface area contributed by atoms with Crippen LogP contribution in [0.1, 0.15) is 51.8 Å². The first-order valence-corrected chi connectivity index (χ1v) is 11.3. The van der Waals surface area contributed by atoms with E-state index in [9.17, 15) is 9.59 Å². The van der Waals surface area contributed by atoms with E-state index in [0.29, 0.717) is 13.1 Å². The Hall–Kier alpha value is -2.67. The summed E-state index contributed by atoms with van der Waals surface area (Å²) in [6, 6.07) is 8.44. The maximum Gasteiger partial charge on any atom is 0.330 e. The molecular formula is C25H37N5O2. The predicted octanol–water partition coefficient (Wildman–Crippen LogP) is 1.59. The summed E-state index contributed by atoms with van der Waals surface area (Å²) >= 11 is 0. The van der Waals surface area contributed by atoms with Crippen molar-refractivity contribution < 1.29 is 4.79 Å². The molecule has 1 aliphatic rings. The Labute approximate surface area is 190 Å². The molecule has 2 heterocycles. The lowest BCUT2D eigenvalue weighted by Gasteiger charge is -2.22. The van der Waals surface area contributed by atoms with Gasteiger partial charge in [-0.3, -0.25) is 18.9 Å². The average Bonchev–Trinajstić information content (AvgIpc) is 2.93. The van der Waals surface area contributed by atoms with E-state index >= 15 is 0 Å². The van der Waals surface area contributed by atoms with Crippen LogP contribution in [0.3, 0.4) is 0 Å². The highest BCUT2D eigenvalue weighted by atomic mass is 16.2. The number of fused-ring (bicyclic) bond motifs is 1. The summed E-state index contributed by atoms with van der Waals surface area (Å²) in [5.74, 6) is 0.256. The van der Waals surface area contributed by atoms with E-state index in [1.165, 1.54) is 5.56 Å². The molecule has 0 aliphatic carbocycles. The number of hydrogen-bond donors (Lipinski definition) is 1. The minimum atomic E-state index is -0.0256. The molecule has 0 bridgehead atoms. The van der Waals surface area contributed by atoms with Gasteiger partial charge in [0.15, 0.2) is 5.49 Å². The highest BCUT2D eigenvalue weighted by Crippen LogP contribution is 2.28. The molecule has 7 heteroatoms. The number of carbonyl (C=O) groups is 1. The number of imidazole rings is 1. The smallest absolute Gasteiger partial charge is 0.330 e. The van der Waals surface area contributed by atoms with Crippen LogP contribution in [0.15, 0.2) is 34.1 Å².